The van der Waals surface area contributed by atoms with Crippen molar-refractivity contribution in [3.05, 3.63) is 64.5 Å². The van der Waals surface area contributed by atoms with Crippen LogP contribution in [0.25, 0.3) is 11.3 Å². The maximum Gasteiger partial charge on any atom is 0.263 e. The van der Waals surface area contributed by atoms with Gasteiger partial charge in [0.05, 0.1) is 10.6 Å². The average Bonchev–Trinajstić information content (AvgIpc) is 2.96. The Hall–Kier alpha value is -1.70. The summed E-state index contributed by atoms with van der Waals surface area (Å²) in [5.41, 5.74) is 1.70. The van der Waals surface area contributed by atoms with Crippen molar-refractivity contribution in [1.29, 1.82) is 0 Å². The number of anilines is 1. The van der Waals surface area contributed by atoms with Crippen LogP contribution in [0.1, 0.15) is 0 Å². The number of hydrogen-bond donors (Lipinski definition) is 1. The van der Waals surface area contributed by atoms with Gasteiger partial charge in [-0.25, -0.2) is 13.4 Å². The molecule has 1 N–H and O–H groups in total. The molecule has 0 amide bonds. The van der Waals surface area contributed by atoms with Crippen LogP contribution < -0.4 is 4.72 Å². The molecule has 0 aliphatic carbocycles. The molecule has 1 aromatic heterocycles. The second-order valence-corrected chi connectivity index (χ2v) is 7.92. The summed E-state index contributed by atoms with van der Waals surface area (Å²) >= 11 is 4.53. The second kappa shape index (κ2) is 6.20. The molecule has 0 unspecified atom stereocenters. The van der Waals surface area contributed by atoms with Crippen molar-refractivity contribution in [2.75, 3.05) is 4.72 Å². The van der Waals surface area contributed by atoms with Crippen LogP contribution in [0.5, 0.6) is 0 Å². The first-order valence-corrected chi connectivity index (χ1v) is 9.49. The summed E-state index contributed by atoms with van der Waals surface area (Å²) in [6.07, 6.45) is 0. The van der Waals surface area contributed by atoms with Crippen molar-refractivity contribution in [2.45, 2.75) is 4.90 Å². The lowest BCUT2D eigenvalue weighted by Gasteiger charge is -2.05. The minimum Gasteiger partial charge on any atom is -0.255 e. The molecule has 0 aliphatic heterocycles. The lowest BCUT2D eigenvalue weighted by Crippen LogP contribution is -2.12. The zero-order chi connectivity index (χ0) is 15.6. The molecule has 7 heteroatoms. The fraction of sp³-hybridized carbons (Fsp3) is 0. The number of sulfonamides is 1. The third-order valence-electron chi connectivity index (χ3n) is 2.90. The van der Waals surface area contributed by atoms with Crippen LogP contribution in [0, 0.1) is 0 Å². The van der Waals surface area contributed by atoms with Gasteiger partial charge in [0.25, 0.3) is 10.0 Å². The van der Waals surface area contributed by atoms with Gasteiger partial charge in [0.1, 0.15) is 0 Å². The zero-order valence-corrected chi connectivity index (χ0v) is 14.5. The average molecular weight is 395 g/mol. The quantitative estimate of drug-likeness (QED) is 0.714. The molecule has 3 rings (SSSR count). The van der Waals surface area contributed by atoms with Gasteiger partial charge in [-0.05, 0) is 18.2 Å². The number of benzene rings is 2. The monoisotopic (exact) mass is 394 g/mol. The van der Waals surface area contributed by atoms with E-state index in [2.05, 4.69) is 25.6 Å². The minimum absolute atomic E-state index is 0.193. The van der Waals surface area contributed by atoms with E-state index in [9.17, 15) is 8.42 Å². The van der Waals surface area contributed by atoms with Crippen LogP contribution in [-0.4, -0.2) is 13.4 Å². The van der Waals surface area contributed by atoms with E-state index in [-0.39, 0.29) is 4.90 Å². The summed E-state index contributed by atoms with van der Waals surface area (Å²) in [4.78, 5) is 4.52. The van der Waals surface area contributed by atoms with E-state index in [1.165, 1.54) is 11.3 Å². The summed E-state index contributed by atoms with van der Waals surface area (Å²) in [6.45, 7) is 0. The van der Waals surface area contributed by atoms with E-state index in [4.69, 9.17) is 0 Å². The van der Waals surface area contributed by atoms with E-state index in [0.717, 1.165) is 11.3 Å². The molecule has 0 atom stereocenters. The van der Waals surface area contributed by atoms with Crippen molar-refractivity contribution in [2.24, 2.45) is 0 Å². The fourth-order valence-corrected chi connectivity index (χ4v) is 4.44. The SMILES string of the molecule is O=S(=O)(Nc1nc(-c2ccccc2)cs1)c1cccc(Br)c1. The highest BCUT2D eigenvalue weighted by Gasteiger charge is 2.16. The van der Waals surface area contributed by atoms with Crippen LogP contribution in [0.2, 0.25) is 0 Å². The number of hydrogen-bond acceptors (Lipinski definition) is 4. The lowest BCUT2D eigenvalue weighted by molar-refractivity contribution is 0.601. The van der Waals surface area contributed by atoms with Gasteiger partial charge in [0, 0.05) is 15.4 Å². The van der Waals surface area contributed by atoms with Crippen molar-refractivity contribution >= 4 is 42.4 Å². The maximum absolute atomic E-state index is 12.3. The van der Waals surface area contributed by atoms with Crippen LogP contribution in [-0.2, 0) is 10.0 Å². The van der Waals surface area contributed by atoms with Crippen LogP contribution >= 0.6 is 27.3 Å². The highest BCUT2D eigenvalue weighted by molar-refractivity contribution is 9.10. The minimum atomic E-state index is -3.64. The summed E-state index contributed by atoms with van der Waals surface area (Å²) in [6, 6.07) is 16.2. The van der Waals surface area contributed by atoms with Crippen LogP contribution in [0.4, 0.5) is 5.13 Å². The van der Waals surface area contributed by atoms with E-state index in [1.807, 2.05) is 35.7 Å². The Kier molecular flexibility index (Phi) is 4.28. The molecule has 1 heterocycles. The summed E-state index contributed by atoms with van der Waals surface area (Å²) < 4.78 is 27.9. The summed E-state index contributed by atoms with van der Waals surface area (Å²) in [5, 5.41) is 2.17. The molecule has 0 bridgehead atoms. The fourth-order valence-electron chi connectivity index (χ4n) is 1.87. The number of nitrogens with zero attached hydrogens (tertiary/aromatic N) is 1. The Balaban J connectivity index is 1.86. The Morgan fingerprint density at radius 2 is 1.82 bits per heavy atom. The molecule has 0 spiro atoms. The first-order valence-electron chi connectivity index (χ1n) is 6.34. The van der Waals surface area contributed by atoms with Gasteiger partial charge in [0.15, 0.2) is 5.13 Å². The second-order valence-electron chi connectivity index (χ2n) is 4.47. The van der Waals surface area contributed by atoms with Crippen LogP contribution in [0.15, 0.2) is 69.3 Å². The van der Waals surface area contributed by atoms with E-state index < -0.39 is 10.0 Å². The molecule has 0 radical (unpaired) electrons. The number of thiazole rings is 1. The molecule has 4 nitrogen and oxygen atoms in total. The molecule has 3 aromatic rings. The van der Waals surface area contributed by atoms with Gasteiger partial charge in [-0.15, -0.1) is 11.3 Å². The predicted molar refractivity (Wildman–Crippen MR) is 92.5 cm³/mol. The van der Waals surface area contributed by atoms with Gasteiger partial charge in [-0.1, -0.05) is 52.3 Å². The Morgan fingerprint density at radius 1 is 1.05 bits per heavy atom. The van der Waals surface area contributed by atoms with E-state index in [0.29, 0.717) is 9.60 Å². The summed E-state index contributed by atoms with van der Waals surface area (Å²) in [7, 11) is -3.64. The van der Waals surface area contributed by atoms with Gasteiger partial charge in [-0.2, -0.15) is 0 Å². The number of rotatable bonds is 4. The lowest BCUT2D eigenvalue weighted by atomic mass is 10.2. The Labute approximate surface area is 141 Å². The molecule has 0 aliphatic rings. The molecule has 112 valence electrons. The normalized spacial score (nSPS) is 11.3. The van der Waals surface area contributed by atoms with Crippen molar-refractivity contribution in [3.63, 3.8) is 0 Å². The molecular formula is C15H11BrN2O2S2. The molecule has 0 fully saturated rings. The molecule has 0 saturated heterocycles. The number of aromatic nitrogens is 1. The Bertz CT molecular complexity index is 893. The van der Waals surface area contributed by atoms with Gasteiger partial charge in [-0.3, -0.25) is 4.72 Å². The smallest absolute Gasteiger partial charge is 0.255 e. The topological polar surface area (TPSA) is 59.1 Å². The number of halogens is 1. The first kappa shape index (κ1) is 15.2. The van der Waals surface area contributed by atoms with Crippen molar-refractivity contribution in [1.82, 2.24) is 4.98 Å². The standard InChI is InChI=1S/C15H11BrN2O2S2/c16-12-7-4-8-13(9-12)22(19,20)18-15-17-14(10-21-15)11-5-2-1-3-6-11/h1-10H,(H,17,18). The molecular weight excluding hydrogens is 384 g/mol. The highest BCUT2D eigenvalue weighted by Crippen LogP contribution is 2.26. The zero-order valence-electron chi connectivity index (χ0n) is 11.2. The summed E-state index contributed by atoms with van der Waals surface area (Å²) in [5.74, 6) is 0. The third-order valence-corrected chi connectivity index (χ3v) is 5.62. The third kappa shape index (κ3) is 3.37. The Morgan fingerprint density at radius 3 is 2.55 bits per heavy atom. The van der Waals surface area contributed by atoms with Gasteiger partial charge < -0.3 is 0 Å². The maximum atomic E-state index is 12.3. The molecule has 0 saturated carbocycles. The molecule has 22 heavy (non-hydrogen) atoms. The first-order chi connectivity index (χ1) is 10.5. The van der Waals surface area contributed by atoms with Gasteiger partial charge >= 0.3 is 0 Å². The highest BCUT2D eigenvalue weighted by atomic mass is 79.9. The van der Waals surface area contributed by atoms with E-state index in [1.54, 1.807) is 24.3 Å². The van der Waals surface area contributed by atoms with Crippen molar-refractivity contribution < 1.29 is 8.42 Å². The molecule has 2 aromatic carbocycles. The number of nitrogens with one attached hydrogen (secondary N) is 1. The van der Waals surface area contributed by atoms with E-state index >= 15 is 0 Å². The van der Waals surface area contributed by atoms with Crippen LogP contribution in [0.3, 0.4) is 0 Å². The van der Waals surface area contributed by atoms with Crippen molar-refractivity contribution in [3.8, 4) is 11.3 Å². The largest absolute Gasteiger partial charge is 0.263 e. The van der Waals surface area contributed by atoms with Gasteiger partial charge in [0.2, 0.25) is 0 Å². The predicted octanol–water partition coefficient (Wildman–Crippen LogP) is 4.37.